The van der Waals surface area contributed by atoms with E-state index in [4.69, 9.17) is 4.74 Å². The average molecular weight is 411 g/mol. The van der Waals surface area contributed by atoms with Crippen LogP contribution in [0.1, 0.15) is 71.6 Å². The van der Waals surface area contributed by atoms with Gasteiger partial charge in [0.05, 0.1) is 0 Å². The van der Waals surface area contributed by atoms with E-state index in [1.807, 2.05) is 0 Å². The number of hydrogen-bond acceptors (Lipinski definition) is 3. The molecule has 0 heterocycles. The van der Waals surface area contributed by atoms with Crippen molar-refractivity contribution in [3.05, 3.63) is 0 Å². The zero-order valence-corrected chi connectivity index (χ0v) is 17.1. The Bertz CT molecular complexity index is 575. The molecule has 7 unspecified atom stereocenters. The van der Waals surface area contributed by atoms with Gasteiger partial charge < -0.3 is 4.74 Å². The summed E-state index contributed by atoms with van der Waals surface area (Å²) < 4.78 is 5.83. The minimum atomic E-state index is -0.115. The highest BCUT2D eigenvalue weighted by Gasteiger charge is 2.61. The van der Waals surface area contributed by atoms with Gasteiger partial charge in [0.25, 0.3) is 0 Å². The Morgan fingerprint density at radius 2 is 1.84 bits per heavy atom. The molecular weight excluding hydrogens is 380 g/mol. The van der Waals surface area contributed by atoms with Crippen molar-refractivity contribution >= 4 is 27.7 Å². The van der Waals surface area contributed by atoms with Crippen LogP contribution in [0.25, 0.3) is 0 Å². The van der Waals surface area contributed by atoms with Gasteiger partial charge in [0.2, 0.25) is 0 Å². The lowest BCUT2D eigenvalue weighted by atomic mass is 9.45. The number of carbonyl (C=O) groups is 2. The van der Waals surface area contributed by atoms with Gasteiger partial charge in [0.15, 0.2) is 0 Å². The molecular formula is C21H31BrO3. The third-order valence-electron chi connectivity index (χ3n) is 8.78. The first-order chi connectivity index (χ1) is 11.9. The molecule has 4 saturated carbocycles. The first-order valence-electron chi connectivity index (χ1n) is 10.2. The number of rotatable bonds is 2. The summed E-state index contributed by atoms with van der Waals surface area (Å²) in [7, 11) is 0. The quantitative estimate of drug-likeness (QED) is 0.479. The molecule has 0 bridgehead atoms. The summed E-state index contributed by atoms with van der Waals surface area (Å²) in [5.41, 5.74) is 0.523. The second kappa shape index (κ2) is 6.35. The topological polar surface area (TPSA) is 43.4 Å². The number of hydrogen-bond donors (Lipinski definition) is 0. The Morgan fingerprint density at radius 1 is 1.08 bits per heavy atom. The maximum Gasteiger partial charge on any atom is 0.316 e. The van der Waals surface area contributed by atoms with Crippen LogP contribution in [0.2, 0.25) is 0 Å². The van der Waals surface area contributed by atoms with Gasteiger partial charge in [0.1, 0.15) is 17.2 Å². The summed E-state index contributed by atoms with van der Waals surface area (Å²) in [5.74, 6) is 3.21. The Morgan fingerprint density at radius 3 is 2.60 bits per heavy atom. The van der Waals surface area contributed by atoms with E-state index in [2.05, 4.69) is 29.8 Å². The van der Waals surface area contributed by atoms with Gasteiger partial charge in [-0.15, -0.1) is 0 Å². The summed E-state index contributed by atoms with van der Waals surface area (Å²) in [6.07, 6.45) is 9.98. The number of esters is 1. The maximum atomic E-state index is 12.0. The van der Waals surface area contributed by atoms with Crippen molar-refractivity contribution in [3.63, 3.8) is 0 Å². The average Bonchev–Trinajstić information content (AvgIpc) is 2.92. The van der Waals surface area contributed by atoms with Crippen LogP contribution in [-0.2, 0) is 14.3 Å². The molecule has 0 amide bonds. The molecule has 4 heteroatoms. The van der Waals surface area contributed by atoms with E-state index in [0.717, 1.165) is 37.5 Å². The van der Waals surface area contributed by atoms with E-state index in [9.17, 15) is 9.59 Å². The van der Waals surface area contributed by atoms with Crippen molar-refractivity contribution < 1.29 is 14.3 Å². The number of ketones is 1. The Balaban J connectivity index is 1.56. The molecule has 25 heavy (non-hydrogen) atoms. The summed E-state index contributed by atoms with van der Waals surface area (Å²) in [5, 5.41) is 0.296. The van der Waals surface area contributed by atoms with Crippen LogP contribution in [0.15, 0.2) is 0 Å². The van der Waals surface area contributed by atoms with Crippen LogP contribution in [0.3, 0.4) is 0 Å². The summed E-state index contributed by atoms with van der Waals surface area (Å²) >= 11 is 3.23. The van der Waals surface area contributed by atoms with Crippen molar-refractivity contribution in [1.82, 2.24) is 0 Å². The lowest BCUT2D eigenvalue weighted by Crippen LogP contribution is -2.54. The fourth-order valence-electron chi connectivity index (χ4n) is 7.38. The van der Waals surface area contributed by atoms with Crippen molar-refractivity contribution in [2.24, 2.45) is 34.5 Å². The molecule has 0 aromatic rings. The first-order valence-corrected chi connectivity index (χ1v) is 11.3. The number of halogens is 1. The van der Waals surface area contributed by atoms with Crippen molar-refractivity contribution in [2.45, 2.75) is 77.7 Å². The molecule has 4 aliphatic rings. The molecule has 0 aliphatic heterocycles. The van der Waals surface area contributed by atoms with E-state index in [1.165, 1.54) is 32.1 Å². The highest BCUT2D eigenvalue weighted by molar-refractivity contribution is 9.09. The highest BCUT2D eigenvalue weighted by atomic mass is 79.9. The van der Waals surface area contributed by atoms with Gasteiger partial charge in [-0.05, 0) is 74.0 Å². The van der Waals surface area contributed by atoms with Crippen LogP contribution >= 0.6 is 15.9 Å². The number of carbonyl (C=O) groups excluding carboxylic acids is 2. The van der Waals surface area contributed by atoms with E-state index in [1.54, 1.807) is 0 Å². The molecule has 3 nitrogen and oxygen atoms in total. The standard InChI is InChI=1S/C21H31BrO3/c1-20-9-7-14(23)11-13(20)3-4-15-16-5-6-18(25-19(24)12-22)21(16,2)10-8-17(15)20/h13,15-18H,3-12H2,1-2H3. The number of alkyl halides is 1. The predicted octanol–water partition coefficient (Wildman–Crippen LogP) is 4.90. The minimum Gasteiger partial charge on any atom is -0.461 e. The van der Waals surface area contributed by atoms with Gasteiger partial charge in [-0.1, -0.05) is 29.8 Å². The maximum absolute atomic E-state index is 12.0. The molecule has 0 aromatic carbocycles. The van der Waals surface area contributed by atoms with Gasteiger partial charge in [0, 0.05) is 18.3 Å². The molecule has 140 valence electrons. The highest BCUT2D eigenvalue weighted by Crippen LogP contribution is 2.66. The van der Waals surface area contributed by atoms with Crippen LogP contribution in [0, 0.1) is 34.5 Å². The summed E-state index contributed by atoms with van der Waals surface area (Å²) in [6.45, 7) is 4.87. The largest absolute Gasteiger partial charge is 0.461 e. The second-order valence-corrected chi connectivity index (χ2v) is 10.2. The molecule has 4 rings (SSSR count). The molecule has 4 fully saturated rings. The third-order valence-corrected chi connectivity index (χ3v) is 9.24. The Labute approximate surface area is 159 Å². The van der Waals surface area contributed by atoms with Crippen LogP contribution in [0.4, 0.5) is 0 Å². The monoisotopic (exact) mass is 410 g/mol. The molecule has 0 radical (unpaired) electrons. The smallest absolute Gasteiger partial charge is 0.316 e. The SMILES string of the molecule is CC12CCC(=O)CC1CCC1C2CCC2(C)C(OC(=O)CBr)CCC12. The van der Waals surface area contributed by atoms with Crippen LogP contribution in [-0.4, -0.2) is 23.2 Å². The summed E-state index contributed by atoms with van der Waals surface area (Å²) in [4.78, 5) is 23.8. The van der Waals surface area contributed by atoms with Crippen LogP contribution in [0.5, 0.6) is 0 Å². The van der Waals surface area contributed by atoms with E-state index < -0.39 is 0 Å². The van der Waals surface area contributed by atoms with E-state index in [0.29, 0.717) is 28.4 Å². The van der Waals surface area contributed by atoms with Gasteiger partial charge in [-0.3, -0.25) is 9.59 Å². The molecule has 4 aliphatic carbocycles. The summed E-state index contributed by atoms with van der Waals surface area (Å²) in [6, 6.07) is 0. The number of Topliss-reactive ketones (excluding diaryl/α,β-unsaturated/α-hetero) is 1. The van der Waals surface area contributed by atoms with Gasteiger partial charge in [-0.2, -0.15) is 0 Å². The number of fused-ring (bicyclic) bond motifs is 5. The van der Waals surface area contributed by atoms with Gasteiger partial charge in [-0.25, -0.2) is 0 Å². The molecule has 0 N–H and O–H groups in total. The molecule has 7 atom stereocenters. The second-order valence-electron chi connectivity index (χ2n) is 9.63. The predicted molar refractivity (Wildman–Crippen MR) is 100 cm³/mol. The zero-order chi connectivity index (χ0) is 17.8. The Kier molecular flexibility index (Phi) is 4.57. The van der Waals surface area contributed by atoms with Crippen molar-refractivity contribution in [1.29, 1.82) is 0 Å². The molecule has 0 spiro atoms. The first kappa shape index (κ1) is 18.0. The normalized spacial score (nSPS) is 49.1. The van der Waals surface area contributed by atoms with E-state index in [-0.39, 0.29) is 17.5 Å². The number of ether oxygens (including phenoxy) is 1. The molecule has 0 aromatic heterocycles. The minimum absolute atomic E-state index is 0.0990. The van der Waals surface area contributed by atoms with Gasteiger partial charge >= 0.3 is 5.97 Å². The van der Waals surface area contributed by atoms with Crippen LogP contribution < -0.4 is 0 Å². The van der Waals surface area contributed by atoms with Crippen molar-refractivity contribution in [3.8, 4) is 0 Å². The van der Waals surface area contributed by atoms with E-state index >= 15 is 0 Å². The Hall–Kier alpha value is -0.380. The zero-order valence-electron chi connectivity index (χ0n) is 15.6. The fraction of sp³-hybridized carbons (Fsp3) is 0.905. The lowest BCUT2D eigenvalue weighted by Gasteiger charge is -2.60. The third kappa shape index (κ3) is 2.73. The molecule has 0 saturated heterocycles. The lowest BCUT2D eigenvalue weighted by molar-refractivity contribution is -0.161. The van der Waals surface area contributed by atoms with Crippen molar-refractivity contribution in [2.75, 3.05) is 5.33 Å². The fourth-order valence-corrected chi connectivity index (χ4v) is 7.51.